The number of aromatic nitrogens is 4. The summed E-state index contributed by atoms with van der Waals surface area (Å²) in [5, 5.41) is 8.71. The van der Waals surface area contributed by atoms with Crippen LogP contribution in [0.4, 0.5) is 4.39 Å². The van der Waals surface area contributed by atoms with Gasteiger partial charge in [-0.25, -0.2) is 9.37 Å². The molecule has 1 atom stereocenters. The number of H-pyrrole nitrogens is 1. The molecule has 1 saturated carbocycles. The Labute approximate surface area is 226 Å². The third kappa shape index (κ3) is 4.45. The zero-order chi connectivity index (χ0) is 27.1. The van der Waals surface area contributed by atoms with Gasteiger partial charge in [-0.1, -0.05) is 18.5 Å². The summed E-state index contributed by atoms with van der Waals surface area (Å²) >= 11 is 6.41. The largest absolute Gasteiger partial charge is 0.496 e. The van der Waals surface area contributed by atoms with Crippen LogP contribution in [0.15, 0.2) is 30.6 Å². The predicted molar refractivity (Wildman–Crippen MR) is 147 cm³/mol. The number of amides is 1. The molecule has 1 aliphatic rings. The van der Waals surface area contributed by atoms with Crippen molar-refractivity contribution in [1.29, 1.82) is 0 Å². The fraction of sp³-hybridized carbons (Fsp3) is 0.414. The van der Waals surface area contributed by atoms with Crippen LogP contribution in [0.1, 0.15) is 67.1 Å². The number of methoxy groups -OCH3 is 1. The van der Waals surface area contributed by atoms with Crippen LogP contribution in [0.2, 0.25) is 5.02 Å². The normalized spacial score (nSPS) is 18.5. The maximum atomic E-state index is 14.4. The first-order valence-corrected chi connectivity index (χ1v) is 13.4. The predicted octanol–water partition coefficient (Wildman–Crippen LogP) is 6.47. The van der Waals surface area contributed by atoms with Crippen molar-refractivity contribution in [3.05, 3.63) is 63.9 Å². The molecule has 0 bridgehead atoms. The van der Waals surface area contributed by atoms with E-state index in [0.717, 1.165) is 64.8 Å². The van der Waals surface area contributed by atoms with Gasteiger partial charge in [-0.3, -0.25) is 9.48 Å². The van der Waals surface area contributed by atoms with E-state index in [1.807, 2.05) is 26.2 Å². The summed E-state index contributed by atoms with van der Waals surface area (Å²) in [7, 11) is 3.26. The molecule has 1 fully saturated rings. The molecule has 200 valence electrons. The van der Waals surface area contributed by atoms with Crippen molar-refractivity contribution < 1.29 is 13.9 Å². The number of rotatable bonds is 6. The number of ether oxygens (including phenoxy) is 1. The van der Waals surface area contributed by atoms with Gasteiger partial charge < -0.3 is 15.0 Å². The van der Waals surface area contributed by atoms with E-state index in [9.17, 15) is 9.18 Å². The summed E-state index contributed by atoms with van der Waals surface area (Å²) in [6.45, 7) is 6.11. The van der Waals surface area contributed by atoms with E-state index >= 15 is 0 Å². The summed E-state index contributed by atoms with van der Waals surface area (Å²) in [5.41, 5.74) is 6.38. The fourth-order valence-corrected chi connectivity index (χ4v) is 6.35. The molecule has 1 amide bonds. The summed E-state index contributed by atoms with van der Waals surface area (Å²) in [5.74, 6) is 0.0425. The molecule has 5 rings (SSSR count). The Balaban J connectivity index is 1.50. The van der Waals surface area contributed by atoms with Gasteiger partial charge >= 0.3 is 0 Å². The average Bonchev–Trinajstić information content (AvgIpc) is 3.48. The third-order valence-corrected chi connectivity index (χ3v) is 8.43. The minimum atomic E-state index is -0.476. The van der Waals surface area contributed by atoms with Crippen molar-refractivity contribution in [3.63, 3.8) is 0 Å². The third-order valence-electron chi connectivity index (χ3n) is 8.05. The number of nitrogens with zero attached hydrogens (tertiary/aromatic N) is 3. The van der Waals surface area contributed by atoms with Crippen LogP contribution >= 0.6 is 11.6 Å². The van der Waals surface area contributed by atoms with Gasteiger partial charge in [0.05, 0.1) is 23.9 Å². The number of benzene rings is 1. The molecule has 0 radical (unpaired) electrons. The van der Waals surface area contributed by atoms with Crippen molar-refractivity contribution in [3.8, 4) is 16.9 Å². The van der Waals surface area contributed by atoms with Gasteiger partial charge in [0.25, 0.3) is 0 Å². The van der Waals surface area contributed by atoms with Crippen LogP contribution in [0.5, 0.6) is 5.75 Å². The topological polar surface area (TPSA) is 84.8 Å². The molecule has 3 heterocycles. The number of hydrogen-bond donors (Lipinski definition) is 2. The van der Waals surface area contributed by atoms with Crippen molar-refractivity contribution in [2.75, 3.05) is 14.2 Å². The van der Waals surface area contributed by atoms with Gasteiger partial charge in [-0.15, -0.1) is 0 Å². The van der Waals surface area contributed by atoms with Crippen LogP contribution in [-0.2, 0) is 4.79 Å². The van der Waals surface area contributed by atoms with Gasteiger partial charge in [0.1, 0.15) is 17.2 Å². The molecule has 9 heteroatoms. The number of carbonyl (C=O) groups excluding carboxylic acids is 1. The molecule has 1 aliphatic carbocycles. The lowest BCUT2D eigenvalue weighted by molar-refractivity contribution is -0.125. The molecule has 38 heavy (non-hydrogen) atoms. The van der Waals surface area contributed by atoms with E-state index in [1.165, 1.54) is 6.07 Å². The van der Waals surface area contributed by atoms with Gasteiger partial charge in [-0.2, -0.15) is 5.10 Å². The van der Waals surface area contributed by atoms with Crippen molar-refractivity contribution >= 4 is 28.5 Å². The number of pyridine rings is 1. The van der Waals surface area contributed by atoms with Crippen LogP contribution < -0.4 is 10.1 Å². The van der Waals surface area contributed by atoms with E-state index in [1.54, 1.807) is 20.2 Å². The zero-order valence-electron chi connectivity index (χ0n) is 22.4. The Morgan fingerprint density at radius 2 is 2.00 bits per heavy atom. The standard InChI is InChI=1S/C29H33ClFN5O2/c1-15(25-24(38-5)11-10-23(31)27(25)30)22-14-34-28-21(22)12-19(13-33-28)26-16(2)35-36(17(26)3)20-8-6-18(7-9-20)29(37)32-4/h10-15,18,20H,6-9H2,1-5H3,(H,32,37)(H,33,34). The van der Waals surface area contributed by atoms with E-state index in [-0.39, 0.29) is 28.8 Å². The molecule has 4 aromatic rings. The summed E-state index contributed by atoms with van der Waals surface area (Å²) in [4.78, 5) is 20.0. The van der Waals surface area contributed by atoms with Crippen LogP contribution in [-0.4, -0.2) is 39.8 Å². The molecule has 3 aromatic heterocycles. The smallest absolute Gasteiger partial charge is 0.222 e. The summed E-state index contributed by atoms with van der Waals surface area (Å²) < 4.78 is 22.0. The molecule has 1 aromatic carbocycles. The minimum Gasteiger partial charge on any atom is -0.496 e. The van der Waals surface area contributed by atoms with Crippen LogP contribution in [0.25, 0.3) is 22.2 Å². The second-order valence-electron chi connectivity index (χ2n) is 10.2. The Morgan fingerprint density at radius 3 is 2.68 bits per heavy atom. The first-order chi connectivity index (χ1) is 18.2. The SMILES string of the molecule is CNC(=O)C1CCC(n2nc(C)c(-c3cnc4[nH]cc(C(C)c5c(OC)ccc(F)c5Cl)c4c3)c2C)CC1. The lowest BCUT2D eigenvalue weighted by Gasteiger charge is -2.28. The number of halogens is 2. The van der Waals surface area contributed by atoms with Crippen molar-refractivity contribution in [1.82, 2.24) is 25.1 Å². The molecule has 1 unspecified atom stereocenters. The van der Waals surface area contributed by atoms with Gasteiger partial charge in [0.2, 0.25) is 5.91 Å². The summed E-state index contributed by atoms with van der Waals surface area (Å²) in [6.07, 6.45) is 7.34. The van der Waals surface area contributed by atoms with Crippen molar-refractivity contribution in [2.24, 2.45) is 5.92 Å². The highest BCUT2D eigenvalue weighted by Crippen LogP contribution is 2.42. The highest BCUT2D eigenvalue weighted by molar-refractivity contribution is 6.31. The Morgan fingerprint density at radius 1 is 1.26 bits per heavy atom. The number of aryl methyl sites for hydroxylation is 1. The number of carbonyl (C=O) groups is 1. The fourth-order valence-electron chi connectivity index (χ4n) is 6.03. The lowest BCUT2D eigenvalue weighted by Crippen LogP contribution is -2.31. The molecular formula is C29H33ClFN5O2. The average molecular weight is 538 g/mol. The number of nitrogens with one attached hydrogen (secondary N) is 2. The van der Waals surface area contributed by atoms with Crippen LogP contribution in [0, 0.1) is 25.6 Å². The quantitative estimate of drug-likeness (QED) is 0.295. The number of hydrogen-bond acceptors (Lipinski definition) is 4. The molecular weight excluding hydrogens is 505 g/mol. The van der Waals surface area contributed by atoms with Gasteiger partial charge in [-0.05, 0) is 63.3 Å². The molecule has 0 aliphatic heterocycles. The number of fused-ring (bicyclic) bond motifs is 1. The molecule has 0 spiro atoms. The molecule has 0 saturated heterocycles. The maximum absolute atomic E-state index is 14.4. The first-order valence-electron chi connectivity index (χ1n) is 13.0. The second kappa shape index (κ2) is 10.4. The van der Waals surface area contributed by atoms with Gasteiger partial charge in [0, 0.05) is 59.0 Å². The Kier molecular flexibility index (Phi) is 7.18. The molecule has 2 N–H and O–H groups in total. The van der Waals surface area contributed by atoms with Crippen LogP contribution in [0.3, 0.4) is 0 Å². The first kappa shape index (κ1) is 26.2. The zero-order valence-corrected chi connectivity index (χ0v) is 23.1. The highest BCUT2D eigenvalue weighted by atomic mass is 35.5. The van der Waals surface area contributed by atoms with Crippen molar-refractivity contribution in [2.45, 2.75) is 58.4 Å². The Hall–Kier alpha value is -3.39. The summed E-state index contributed by atoms with van der Waals surface area (Å²) in [6, 6.07) is 5.31. The van der Waals surface area contributed by atoms with E-state index in [2.05, 4.69) is 28.0 Å². The number of aromatic amines is 1. The van der Waals surface area contributed by atoms with Gasteiger partial charge in [0.15, 0.2) is 0 Å². The minimum absolute atomic E-state index is 0.0643. The monoisotopic (exact) mass is 537 g/mol. The highest BCUT2D eigenvalue weighted by Gasteiger charge is 2.29. The lowest BCUT2D eigenvalue weighted by atomic mass is 9.85. The Bertz CT molecular complexity index is 1500. The second-order valence-corrected chi connectivity index (χ2v) is 10.6. The van der Waals surface area contributed by atoms with E-state index in [0.29, 0.717) is 11.3 Å². The van der Waals surface area contributed by atoms with E-state index in [4.69, 9.17) is 26.4 Å². The maximum Gasteiger partial charge on any atom is 0.222 e. The molecule has 7 nitrogen and oxygen atoms in total. The van der Waals surface area contributed by atoms with E-state index < -0.39 is 5.82 Å².